The normalized spacial score (nSPS) is 13.7. The molecule has 1 amide bonds. The molecule has 1 aromatic rings. The second-order valence-electron chi connectivity index (χ2n) is 7.30. The lowest BCUT2D eigenvalue weighted by atomic mass is 9.91. The Kier molecular flexibility index (Phi) is 8.38. The van der Waals surface area contributed by atoms with Crippen LogP contribution in [0.1, 0.15) is 46.1 Å². The van der Waals surface area contributed by atoms with Gasteiger partial charge in [-0.1, -0.05) is 57.0 Å². The fourth-order valence-electron chi connectivity index (χ4n) is 2.43. The van der Waals surface area contributed by atoms with E-state index in [1.54, 1.807) is 0 Å². The fourth-order valence-corrected chi connectivity index (χ4v) is 2.73. The van der Waals surface area contributed by atoms with Crippen molar-refractivity contribution in [3.8, 4) is 0 Å². The predicted molar refractivity (Wildman–Crippen MR) is 103 cm³/mol. The predicted octanol–water partition coefficient (Wildman–Crippen LogP) is 4.19. The average Bonchev–Trinajstić information content (AvgIpc) is 2.55. The number of hydrogen-bond donors (Lipinski definition) is 2. The summed E-state index contributed by atoms with van der Waals surface area (Å²) in [5.41, 5.74) is -2.81. The molecule has 7 heteroatoms. The van der Waals surface area contributed by atoms with Crippen LogP contribution < -0.4 is 0 Å². The minimum absolute atomic E-state index is 0.0764. The Morgan fingerprint density at radius 1 is 1.04 bits per heavy atom. The first-order chi connectivity index (χ1) is 12.0. The van der Waals surface area contributed by atoms with E-state index in [9.17, 15) is 19.8 Å². The van der Waals surface area contributed by atoms with Gasteiger partial charge in [-0.15, -0.1) is 0 Å². The first-order valence-electron chi connectivity index (χ1n) is 8.70. The number of benzene rings is 1. The summed E-state index contributed by atoms with van der Waals surface area (Å²) < 4.78 is 0. The molecule has 0 aliphatic rings. The molecule has 2 N–H and O–H groups in total. The molecule has 5 nitrogen and oxygen atoms in total. The highest BCUT2D eigenvalue weighted by atomic mass is 35.5. The summed E-state index contributed by atoms with van der Waals surface area (Å²) in [7, 11) is 0. The second kappa shape index (κ2) is 9.58. The first-order valence-corrected chi connectivity index (χ1v) is 9.46. The molecular formula is C19H27Cl2NO4. The van der Waals surface area contributed by atoms with E-state index in [1.807, 2.05) is 27.7 Å². The van der Waals surface area contributed by atoms with Crippen molar-refractivity contribution in [1.29, 1.82) is 0 Å². The van der Waals surface area contributed by atoms with Crippen LogP contribution in [0, 0.1) is 11.8 Å². The Morgan fingerprint density at radius 3 is 1.92 bits per heavy atom. The molecule has 1 aromatic carbocycles. The van der Waals surface area contributed by atoms with Crippen molar-refractivity contribution in [3.05, 3.63) is 33.8 Å². The highest BCUT2D eigenvalue weighted by Crippen LogP contribution is 2.31. The molecule has 26 heavy (non-hydrogen) atoms. The number of nitrogens with zero attached hydrogens (tertiary/aromatic N) is 1. The van der Waals surface area contributed by atoms with Crippen LogP contribution in [0.5, 0.6) is 0 Å². The van der Waals surface area contributed by atoms with Crippen molar-refractivity contribution in [2.45, 2.75) is 46.1 Å². The molecule has 1 rings (SSSR count). The Morgan fingerprint density at radius 2 is 1.54 bits per heavy atom. The number of halogens is 2. The Balaban J connectivity index is 3.25. The van der Waals surface area contributed by atoms with Gasteiger partial charge in [0.05, 0.1) is 10.0 Å². The summed E-state index contributed by atoms with van der Waals surface area (Å²) in [6, 6.07) is 3.90. The van der Waals surface area contributed by atoms with E-state index < -0.39 is 17.5 Å². The topological polar surface area (TPSA) is 77.8 Å². The fraction of sp³-hybridized carbons (Fsp3) is 0.579. The van der Waals surface area contributed by atoms with Crippen LogP contribution in [0.3, 0.4) is 0 Å². The van der Waals surface area contributed by atoms with E-state index in [-0.39, 0.29) is 15.6 Å². The van der Waals surface area contributed by atoms with Crippen molar-refractivity contribution in [1.82, 2.24) is 4.90 Å². The minimum atomic E-state index is -2.71. The number of carbonyl (C=O) groups is 2. The maximum absolute atomic E-state index is 13.0. The molecule has 0 aliphatic carbocycles. The van der Waals surface area contributed by atoms with Crippen LogP contribution in [0.25, 0.3) is 0 Å². The largest absolute Gasteiger partial charge is 0.478 e. The number of carbonyl (C=O) groups excluding carboxylic acids is 1. The number of carboxylic acid groups (broad SMARTS) is 1. The van der Waals surface area contributed by atoms with Crippen molar-refractivity contribution in [2.24, 2.45) is 11.8 Å². The molecule has 0 bridgehead atoms. The van der Waals surface area contributed by atoms with Crippen LogP contribution >= 0.6 is 23.2 Å². The van der Waals surface area contributed by atoms with Gasteiger partial charge in [-0.05, 0) is 36.8 Å². The van der Waals surface area contributed by atoms with Gasteiger partial charge in [0.1, 0.15) is 0 Å². The number of hydrogen-bond acceptors (Lipinski definition) is 3. The Labute approximate surface area is 164 Å². The van der Waals surface area contributed by atoms with Gasteiger partial charge in [-0.25, -0.2) is 4.79 Å². The van der Waals surface area contributed by atoms with Crippen LogP contribution in [0.15, 0.2) is 18.2 Å². The lowest BCUT2D eigenvalue weighted by molar-refractivity contribution is -0.173. The molecule has 1 unspecified atom stereocenters. The first kappa shape index (κ1) is 22.7. The van der Waals surface area contributed by atoms with Crippen molar-refractivity contribution >= 4 is 35.1 Å². The van der Waals surface area contributed by atoms with Gasteiger partial charge >= 0.3 is 5.97 Å². The smallest absolute Gasteiger partial charge is 0.350 e. The third-order valence-electron chi connectivity index (χ3n) is 4.20. The standard InChI is InChI=1S/C19H27Cl2NO4/c1-12(2)7-9-22(10-8-13(3)4)17(23)19(26,18(24)25)14-5-6-15(20)16(21)11-14/h5-6,11-13,26H,7-10H2,1-4H3,(H,24,25). The summed E-state index contributed by atoms with van der Waals surface area (Å²) in [6.45, 7) is 8.84. The molecule has 146 valence electrons. The monoisotopic (exact) mass is 403 g/mol. The molecule has 0 saturated heterocycles. The highest BCUT2D eigenvalue weighted by Gasteiger charge is 2.48. The third-order valence-corrected chi connectivity index (χ3v) is 4.94. The minimum Gasteiger partial charge on any atom is -0.478 e. The van der Waals surface area contributed by atoms with Gasteiger partial charge in [0.25, 0.3) is 11.5 Å². The molecule has 1 atom stereocenters. The summed E-state index contributed by atoms with van der Waals surface area (Å²) in [5.74, 6) is -1.82. The maximum atomic E-state index is 13.0. The van der Waals surface area contributed by atoms with E-state index in [4.69, 9.17) is 23.2 Å². The molecule has 0 heterocycles. The Hall–Kier alpha value is -1.30. The van der Waals surface area contributed by atoms with Gasteiger partial charge in [0, 0.05) is 18.7 Å². The van der Waals surface area contributed by atoms with E-state index in [0.717, 1.165) is 0 Å². The molecule has 0 aliphatic heterocycles. The number of carboxylic acids is 1. The van der Waals surface area contributed by atoms with Crippen molar-refractivity contribution in [2.75, 3.05) is 13.1 Å². The van der Waals surface area contributed by atoms with Gasteiger partial charge < -0.3 is 15.1 Å². The quantitative estimate of drug-likeness (QED) is 0.605. The van der Waals surface area contributed by atoms with Crippen molar-refractivity contribution < 1.29 is 19.8 Å². The number of aliphatic carboxylic acids is 1. The SMILES string of the molecule is CC(C)CCN(CCC(C)C)C(=O)C(O)(C(=O)O)c1ccc(Cl)c(Cl)c1. The molecule has 0 fully saturated rings. The van der Waals surface area contributed by atoms with Gasteiger partial charge in [0.2, 0.25) is 0 Å². The summed E-state index contributed by atoms with van der Waals surface area (Å²) >= 11 is 11.8. The zero-order chi connectivity index (χ0) is 20.1. The van der Waals surface area contributed by atoms with E-state index in [1.165, 1.54) is 23.1 Å². The summed E-state index contributed by atoms with van der Waals surface area (Å²) in [5, 5.41) is 20.8. The van der Waals surface area contributed by atoms with Crippen LogP contribution in [0.2, 0.25) is 10.0 Å². The lowest BCUT2D eigenvalue weighted by Crippen LogP contribution is -2.52. The third kappa shape index (κ3) is 5.60. The maximum Gasteiger partial charge on any atom is 0.350 e. The van der Waals surface area contributed by atoms with E-state index in [2.05, 4.69) is 0 Å². The van der Waals surface area contributed by atoms with E-state index in [0.29, 0.717) is 37.8 Å². The van der Waals surface area contributed by atoms with Crippen LogP contribution in [0.4, 0.5) is 0 Å². The van der Waals surface area contributed by atoms with Crippen LogP contribution in [-0.2, 0) is 15.2 Å². The highest BCUT2D eigenvalue weighted by molar-refractivity contribution is 6.42. The van der Waals surface area contributed by atoms with Gasteiger partial charge in [-0.2, -0.15) is 0 Å². The van der Waals surface area contributed by atoms with Crippen molar-refractivity contribution in [3.63, 3.8) is 0 Å². The molecule has 0 aromatic heterocycles. The summed E-state index contributed by atoms with van der Waals surface area (Å²) in [6.07, 6.45) is 1.42. The number of aliphatic hydroxyl groups is 1. The molecule has 0 radical (unpaired) electrons. The number of rotatable bonds is 9. The van der Waals surface area contributed by atoms with Gasteiger partial charge in [-0.3, -0.25) is 4.79 Å². The zero-order valence-electron chi connectivity index (χ0n) is 15.6. The lowest BCUT2D eigenvalue weighted by Gasteiger charge is -2.32. The molecule has 0 saturated carbocycles. The zero-order valence-corrected chi connectivity index (χ0v) is 17.1. The van der Waals surface area contributed by atoms with E-state index >= 15 is 0 Å². The van der Waals surface area contributed by atoms with Gasteiger partial charge in [0.15, 0.2) is 0 Å². The number of amides is 1. The molecule has 0 spiro atoms. The van der Waals surface area contributed by atoms with Crippen LogP contribution in [-0.4, -0.2) is 40.1 Å². The molecular weight excluding hydrogens is 377 g/mol. The Bertz CT molecular complexity index is 636. The average molecular weight is 404 g/mol. The summed E-state index contributed by atoms with van der Waals surface area (Å²) in [4.78, 5) is 26.3. The second-order valence-corrected chi connectivity index (χ2v) is 8.12.